The van der Waals surface area contributed by atoms with Gasteiger partial charge in [0.05, 0.1) is 0 Å². The molecule has 6 heteroatoms. The second kappa shape index (κ2) is 14.2. The van der Waals surface area contributed by atoms with Crippen LogP contribution >= 0.6 is 23.4 Å². The first-order valence-electron chi connectivity index (χ1n) is 11.5. The van der Waals surface area contributed by atoms with Crippen LogP contribution in [0.1, 0.15) is 57.1 Å². The molecule has 174 valence electrons. The monoisotopic (exact) mass is 474 g/mol. The number of unbranched alkanes of at least 4 members (excludes halogenated alkanes) is 1. The van der Waals surface area contributed by atoms with Crippen LogP contribution in [-0.2, 0) is 16.1 Å². The van der Waals surface area contributed by atoms with Crippen molar-refractivity contribution in [1.82, 2.24) is 10.2 Å². The van der Waals surface area contributed by atoms with Gasteiger partial charge < -0.3 is 10.2 Å². The number of benzene rings is 2. The maximum atomic E-state index is 13.3. The van der Waals surface area contributed by atoms with Crippen LogP contribution in [0.25, 0.3) is 0 Å². The van der Waals surface area contributed by atoms with E-state index in [1.165, 1.54) is 0 Å². The van der Waals surface area contributed by atoms with Crippen molar-refractivity contribution in [3.63, 3.8) is 0 Å². The second-order valence-corrected chi connectivity index (χ2v) is 9.53. The van der Waals surface area contributed by atoms with E-state index in [2.05, 4.69) is 12.2 Å². The van der Waals surface area contributed by atoms with E-state index in [-0.39, 0.29) is 11.8 Å². The zero-order valence-electron chi connectivity index (χ0n) is 19.4. The van der Waals surface area contributed by atoms with Gasteiger partial charge in [-0.1, -0.05) is 56.1 Å². The molecular formula is C26H35ClN2O2S. The number of thioether (sulfide) groups is 1. The molecule has 1 atom stereocenters. The molecule has 0 unspecified atom stereocenters. The predicted octanol–water partition coefficient (Wildman–Crippen LogP) is 6.24. The second-order valence-electron chi connectivity index (χ2n) is 7.92. The van der Waals surface area contributed by atoms with Gasteiger partial charge in [0.15, 0.2) is 0 Å². The van der Waals surface area contributed by atoms with Crippen molar-refractivity contribution in [3.05, 3.63) is 64.7 Å². The van der Waals surface area contributed by atoms with Gasteiger partial charge in [0, 0.05) is 29.4 Å². The van der Waals surface area contributed by atoms with Crippen molar-refractivity contribution in [2.75, 3.05) is 12.3 Å². The summed E-state index contributed by atoms with van der Waals surface area (Å²) in [7, 11) is 0. The number of amides is 2. The maximum Gasteiger partial charge on any atom is 0.242 e. The average Bonchev–Trinajstić information content (AvgIpc) is 2.79. The highest BCUT2D eigenvalue weighted by Gasteiger charge is 2.28. The number of hydrogen-bond donors (Lipinski definition) is 1. The SMILES string of the molecule is CCCCNC(=O)[C@@H](CC)N(Cc1ccccc1C)C(=O)CCCSc1ccc(Cl)cc1. The highest BCUT2D eigenvalue weighted by atomic mass is 35.5. The van der Waals surface area contributed by atoms with E-state index in [1.807, 2.05) is 62.4 Å². The normalized spacial score (nSPS) is 11.8. The zero-order chi connectivity index (χ0) is 23.3. The molecular weight excluding hydrogens is 440 g/mol. The summed E-state index contributed by atoms with van der Waals surface area (Å²) >= 11 is 7.66. The molecule has 0 radical (unpaired) electrons. The van der Waals surface area contributed by atoms with Gasteiger partial charge in [0.25, 0.3) is 0 Å². The minimum absolute atomic E-state index is 0.0300. The minimum Gasteiger partial charge on any atom is -0.354 e. The van der Waals surface area contributed by atoms with Crippen LogP contribution in [0.4, 0.5) is 0 Å². The van der Waals surface area contributed by atoms with Gasteiger partial charge in [-0.2, -0.15) is 0 Å². The van der Waals surface area contributed by atoms with Crippen LogP contribution < -0.4 is 5.32 Å². The van der Waals surface area contributed by atoms with Crippen LogP contribution in [0.15, 0.2) is 53.4 Å². The third-order valence-electron chi connectivity index (χ3n) is 5.43. The molecule has 0 aliphatic heterocycles. The molecule has 0 aromatic heterocycles. The Kier molecular flexibility index (Phi) is 11.7. The fourth-order valence-electron chi connectivity index (χ4n) is 3.48. The van der Waals surface area contributed by atoms with Crippen LogP contribution in [0.2, 0.25) is 5.02 Å². The van der Waals surface area contributed by atoms with E-state index in [0.29, 0.717) is 25.9 Å². The summed E-state index contributed by atoms with van der Waals surface area (Å²) in [6, 6.07) is 15.3. The molecule has 2 aromatic rings. The van der Waals surface area contributed by atoms with E-state index in [1.54, 1.807) is 16.7 Å². The van der Waals surface area contributed by atoms with Gasteiger partial charge >= 0.3 is 0 Å². The number of rotatable bonds is 13. The summed E-state index contributed by atoms with van der Waals surface area (Å²) in [6.45, 7) is 7.21. The van der Waals surface area contributed by atoms with E-state index >= 15 is 0 Å². The number of halogens is 1. The first-order chi connectivity index (χ1) is 15.5. The lowest BCUT2D eigenvalue weighted by Gasteiger charge is -2.31. The average molecular weight is 475 g/mol. The molecule has 0 fully saturated rings. The standard InChI is InChI=1S/C26H35ClN2O2S/c1-4-6-17-28-26(31)24(5-2)29(19-21-11-8-7-10-20(21)3)25(30)12-9-18-32-23-15-13-22(27)14-16-23/h7-8,10-11,13-16,24H,4-6,9,12,17-19H2,1-3H3,(H,28,31)/t24-/m1/s1. The van der Waals surface area contributed by atoms with E-state index in [4.69, 9.17) is 11.6 Å². The summed E-state index contributed by atoms with van der Waals surface area (Å²) < 4.78 is 0. The van der Waals surface area contributed by atoms with Crippen LogP contribution in [0.5, 0.6) is 0 Å². The minimum atomic E-state index is -0.456. The maximum absolute atomic E-state index is 13.3. The van der Waals surface area contributed by atoms with Crippen molar-refractivity contribution in [3.8, 4) is 0 Å². The third kappa shape index (κ3) is 8.51. The molecule has 2 aromatic carbocycles. The topological polar surface area (TPSA) is 49.4 Å². The number of nitrogens with one attached hydrogen (secondary N) is 1. The molecule has 4 nitrogen and oxygen atoms in total. The summed E-state index contributed by atoms with van der Waals surface area (Å²) in [5.74, 6) is 0.811. The number of nitrogens with zero attached hydrogens (tertiary/aromatic N) is 1. The van der Waals surface area contributed by atoms with Gasteiger partial charge in [-0.25, -0.2) is 0 Å². The first-order valence-corrected chi connectivity index (χ1v) is 12.8. The fourth-order valence-corrected chi connectivity index (χ4v) is 4.46. The van der Waals surface area contributed by atoms with E-state index in [0.717, 1.165) is 46.1 Å². The van der Waals surface area contributed by atoms with E-state index < -0.39 is 6.04 Å². The van der Waals surface area contributed by atoms with Crippen molar-refractivity contribution in [1.29, 1.82) is 0 Å². The lowest BCUT2D eigenvalue weighted by molar-refractivity contribution is -0.141. The smallest absolute Gasteiger partial charge is 0.242 e. The molecule has 1 N–H and O–H groups in total. The lowest BCUT2D eigenvalue weighted by atomic mass is 10.1. The lowest BCUT2D eigenvalue weighted by Crippen LogP contribution is -2.49. The highest BCUT2D eigenvalue weighted by Crippen LogP contribution is 2.22. The third-order valence-corrected chi connectivity index (χ3v) is 6.79. The highest BCUT2D eigenvalue weighted by molar-refractivity contribution is 7.99. The largest absolute Gasteiger partial charge is 0.354 e. The van der Waals surface area contributed by atoms with Crippen LogP contribution in [0, 0.1) is 6.92 Å². The van der Waals surface area contributed by atoms with Crippen molar-refractivity contribution >= 4 is 35.2 Å². The summed E-state index contributed by atoms with van der Waals surface area (Å²) in [6.07, 6.45) is 3.73. The Morgan fingerprint density at radius 3 is 2.44 bits per heavy atom. The van der Waals surface area contributed by atoms with E-state index in [9.17, 15) is 9.59 Å². The molecule has 0 saturated heterocycles. The van der Waals surface area contributed by atoms with Gasteiger partial charge in [-0.3, -0.25) is 9.59 Å². The summed E-state index contributed by atoms with van der Waals surface area (Å²) in [5.41, 5.74) is 2.21. The molecule has 32 heavy (non-hydrogen) atoms. The Hall–Kier alpha value is -1.98. The quantitative estimate of drug-likeness (QED) is 0.276. The number of hydrogen-bond acceptors (Lipinski definition) is 3. The van der Waals surface area contributed by atoms with Crippen molar-refractivity contribution < 1.29 is 9.59 Å². The molecule has 0 aliphatic rings. The summed E-state index contributed by atoms with van der Waals surface area (Å²) in [4.78, 5) is 29.1. The Bertz CT molecular complexity index is 857. The van der Waals surface area contributed by atoms with Crippen molar-refractivity contribution in [2.45, 2.75) is 70.4 Å². The number of carbonyl (C=O) groups is 2. The van der Waals surface area contributed by atoms with Gasteiger partial charge in [0.2, 0.25) is 11.8 Å². The first kappa shape index (κ1) is 26.3. The molecule has 0 aliphatic carbocycles. The Balaban J connectivity index is 2.04. The number of carbonyl (C=O) groups excluding carboxylic acids is 2. The Labute approximate surface area is 202 Å². The Morgan fingerprint density at radius 1 is 1.06 bits per heavy atom. The molecule has 2 rings (SSSR count). The van der Waals surface area contributed by atoms with Gasteiger partial charge in [-0.15, -0.1) is 11.8 Å². The fraction of sp³-hybridized carbons (Fsp3) is 0.462. The predicted molar refractivity (Wildman–Crippen MR) is 135 cm³/mol. The van der Waals surface area contributed by atoms with Gasteiger partial charge in [0.1, 0.15) is 6.04 Å². The molecule has 2 amide bonds. The molecule has 0 heterocycles. The Morgan fingerprint density at radius 2 is 1.78 bits per heavy atom. The molecule has 0 spiro atoms. The molecule has 0 bridgehead atoms. The van der Waals surface area contributed by atoms with Gasteiger partial charge in [-0.05, 0) is 67.3 Å². The zero-order valence-corrected chi connectivity index (χ0v) is 21.0. The van der Waals surface area contributed by atoms with Crippen LogP contribution in [0.3, 0.4) is 0 Å². The number of aryl methyl sites for hydroxylation is 1. The summed E-state index contributed by atoms with van der Waals surface area (Å²) in [5, 5.41) is 3.74. The van der Waals surface area contributed by atoms with Crippen molar-refractivity contribution in [2.24, 2.45) is 0 Å². The molecule has 0 saturated carbocycles. The van der Waals surface area contributed by atoms with Crippen LogP contribution in [-0.4, -0.2) is 35.1 Å².